The predicted octanol–water partition coefficient (Wildman–Crippen LogP) is 5.53. The Morgan fingerprint density at radius 1 is 0.895 bits per heavy atom. The average Bonchev–Trinajstić information content (AvgIpc) is 2.42. The normalized spacial score (nSPS) is 12.1. The summed E-state index contributed by atoms with van der Waals surface area (Å²) >= 11 is 2.32. The van der Waals surface area contributed by atoms with Crippen LogP contribution in [0.1, 0.15) is 5.56 Å². The van der Waals surface area contributed by atoms with Crippen LogP contribution in [-0.2, 0) is 0 Å². The van der Waals surface area contributed by atoms with E-state index in [2.05, 4.69) is 78.0 Å². The molecule has 1 aliphatic heterocycles. The van der Waals surface area contributed by atoms with E-state index in [0.29, 0.717) is 0 Å². The van der Waals surface area contributed by atoms with E-state index in [1.807, 2.05) is 0 Å². The predicted molar refractivity (Wildman–Crippen MR) is 86.9 cm³/mol. The number of hydrogen-bond acceptors (Lipinski definition) is 1. The second kappa shape index (κ2) is 3.97. The summed E-state index contributed by atoms with van der Waals surface area (Å²) < 4.78 is 7.27. The van der Waals surface area contributed by atoms with E-state index in [-0.39, 0.29) is 0 Å². The summed E-state index contributed by atoms with van der Waals surface area (Å²) in [4.78, 5) is 0. The number of halogens is 1. The molecule has 3 aromatic carbocycles. The van der Waals surface area contributed by atoms with Crippen molar-refractivity contribution in [2.75, 3.05) is 0 Å². The quantitative estimate of drug-likeness (QED) is 0.376. The zero-order valence-corrected chi connectivity index (χ0v) is 12.6. The second-order valence-electron chi connectivity index (χ2n) is 4.85. The van der Waals surface area contributed by atoms with Gasteiger partial charge in [-0.15, -0.1) is 0 Å². The van der Waals surface area contributed by atoms with Crippen molar-refractivity contribution >= 4 is 33.4 Å². The minimum Gasteiger partial charge on any atom is -0.456 e. The largest absolute Gasteiger partial charge is 0.456 e. The Balaban J connectivity index is 2.17. The molecule has 3 aromatic rings. The molecular formula is C17H11IO. The zero-order chi connectivity index (χ0) is 13.0. The van der Waals surface area contributed by atoms with Crippen LogP contribution in [0.3, 0.4) is 0 Å². The molecule has 1 heterocycles. The Morgan fingerprint density at radius 3 is 2.68 bits per heavy atom. The van der Waals surface area contributed by atoms with Crippen molar-refractivity contribution in [3.63, 3.8) is 0 Å². The fourth-order valence-corrected chi connectivity index (χ4v) is 3.21. The first-order valence-electron chi connectivity index (χ1n) is 6.24. The van der Waals surface area contributed by atoms with E-state index in [1.54, 1.807) is 0 Å². The molecule has 1 aliphatic rings. The molecule has 19 heavy (non-hydrogen) atoms. The van der Waals surface area contributed by atoms with Crippen molar-refractivity contribution in [3.05, 3.63) is 57.7 Å². The minimum atomic E-state index is 0.954. The summed E-state index contributed by atoms with van der Waals surface area (Å²) in [7, 11) is 0. The Hall–Kier alpha value is -1.55. The van der Waals surface area contributed by atoms with Crippen LogP contribution < -0.4 is 4.74 Å². The molecule has 0 unspecified atom stereocenters. The van der Waals surface area contributed by atoms with Gasteiger partial charge in [-0.25, -0.2) is 0 Å². The van der Waals surface area contributed by atoms with E-state index >= 15 is 0 Å². The molecule has 0 fully saturated rings. The van der Waals surface area contributed by atoms with Crippen LogP contribution in [0.2, 0.25) is 0 Å². The number of benzene rings is 3. The van der Waals surface area contributed by atoms with Crippen molar-refractivity contribution in [2.45, 2.75) is 6.92 Å². The third kappa shape index (κ3) is 1.59. The summed E-state index contributed by atoms with van der Waals surface area (Å²) in [6, 6.07) is 17.0. The fraction of sp³-hybridized carbons (Fsp3) is 0.0588. The molecule has 0 atom stereocenters. The van der Waals surface area contributed by atoms with Gasteiger partial charge < -0.3 is 4.74 Å². The first kappa shape index (κ1) is 11.3. The number of rotatable bonds is 0. The van der Waals surface area contributed by atoms with Crippen LogP contribution >= 0.6 is 22.6 Å². The van der Waals surface area contributed by atoms with Crippen LogP contribution in [-0.4, -0.2) is 0 Å². The lowest BCUT2D eigenvalue weighted by atomic mass is 9.93. The molecule has 0 aromatic heterocycles. The van der Waals surface area contributed by atoms with Gasteiger partial charge in [0, 0.05) is 14.5 Å². The van der Waals surface area contributed by atoms with Gasteiger partial charge in [-0.3, -0.25) is 0 Å². The van der Waals surface area contributed by atoms with E-state index in [4.69, 9.17) is 4.74 Å². The molecule has 0 bridgehead atoms. The maximum atomic E-state index is 6.08. The molecule has 0 aliphatic carbocycles. The van der Waals surface area contributed by atoms with E-state index in [9.17, 15) is 0 Å². The molecular weight excluding hydrogens is 347 g/mol. The summed E-state index contributed by atoms with van der Waals surface area (Å²) in [6.45, 7) is 2.15. The molecule has 2 heteroatoms. The van der Waals surface area contributed by atoms with E-state index < -0.39 is 0 Å². The Labute approximate surface area is 125 Å². The third-order valence-electron chi connectivity index (χ3n) is 3.67. The van der Waals surface area contributed by atoms with Gasteiger partial charge in [0.25, 0.3) is 0 Å². The summed E-state index contributed by atoms with van der Waals surface area (Å²) in [5.74, 6) is 1.92. The van der Waals surface area contributed by atoms with Crippen molar-refractivity contribution < 1.29 is 4.74 Å². The van der Waals surface area contributed by atoms with Crippen molar-refractivity contribution in [2.24, 2.45) is 0 Å². The second-order valence-corrected chi connectivity index (χ2v) is 6.10. The van der Waals surface area contributed by atoms with Gasteiger partial charge in [-0.05, 0) is 70.3 Å². The maximum Gasteiger partial charge on any atom is 0.136 e. The molecule has 4 rings (SSSR count). The lowest BCUT2D eigenvalue weighted by molar-refractivity contribution is 0.486. The molecule has 0 amide bonds. The third-order valence-corrected chi connectivity index (χ3v) is 4.35. The SMILES string of the molecule is Cc1ccc2c3c(cccc13)-c1ccc(I)cc1O2. The lowest BCUT2D eigenvalue weighted by Gasteiger charge is -2.22. The molecule has 0 radical (unpaired) electrons. The minimum absolute atomic E-state index is 0.954. The first-order valence-corrected chi connectivity index (χ1v) is 7.32. The van der Waals surface area contributed by atoms with Crippen molar-refractivity contribution in [1.82, 2.24) is 0 Å². The molecule has 0 saturated carbocycles. The van der Waals surface area contributed by atoms with E-state index in [1.165, 1.54) is 31.0 Å². The average molecular weight is 358 g/mol. The van der Waals surface area contributed by atoms with Crippen LogP contribution in [0.15, 0.2) is 48.5 Å². The van der Waals surface area contributed by atoms with Crippen LogP contribution in [0.25, 0.3) is 21.9 Å². The number of ether oxygens (including phenoxy) is 1. The number of hydrogen-bond donors (Lipinski definition) is 0. The lowest BCUT2D eigenvalue weighted by Crippen LogP contribution is -1.98. The van der Waals surface area contributed by atoms with Gasteiger partial charge in [0.1, 0.15) is 11.5 Å². The Kier molecular flexibility index (Phi) is 2.36. The highest BCUT2D eigenvalue weighted by molar-refractivity contribution is 14.1. The molecule has 1 nitrogen and oxygen atoms in total. The Morgan fingerprint density at radius 2 is 1.79 bits per heavy atom. The van der Waals surface area contributed by atoms with Crippen molar-refractivity contribution in [1.29, 1.82) is 0 Å². The molecule has 0 N–H and O–H groups in total. The van der Waals surface area contributed by atoms with Crippen LogP contribution in [0.5, 0.6) is 11.5 Å². The van der Waals surface area contributed by atoms with Crippen molar-refractivity contribution in [3.8, 4) is 22.6 Å². The maximum absolute atomic E-state index is 6.08. The van der Waals surface area contributed by atoms with Crippen LogP contribution in [0, 0.1) is 10.5 Å². The number of aryl methyl sites for hydroxylation is 1. The molecule has 0 saturated heterocycles. The standard InChI is InChI=1S/C17H11IO/c1-10-5-8-15-17-12(10)3-2-4-14(17)13-7-6-11(18)9-16(13)19-15/h2-9H,1H3. The summed E-state index contributed by atoms with van der Waals surface area (Å²) in [5, 5.41) is 2.51. The van der Waals surface area contributed by atoms with Gasteiger partial charge in [0.15, 0.2) is 0 Å². The van der Waals surface area contributed by atoms with Crippen LogP contribution in [0.4, 0.5) is 0 Å². The topological polar surface area (TPSA) is 9.23 Å². The molecule has 0 spiro atoms. The highest BCUT2D eigenvalue weighted by atomic mass is 127. The monoisotopic (exact) mass is 358 g/mol. The zero-order valence-electron chi connectivity index (χ0n) is 10.4. The summed E-state index contributed by atoms with van der Waals surface area (Å²) in [6.07, 6.45) is 0. The van der Waals surface area contributed by atoms with Gasteiger partial charge >= 0.3 is 0 Å². The van der Waals surface area contributed by atoms with Gasteiger partial charge in [-0.2, -0.15) is 0 Å². The highest BCUT2D eigenvalue weighted by Gasteiger charge is 2.20. The molecule has 92 valence electrons. The summed E-state index contributed by atoms with van der Waals surface area (Å²) in [5.41, 5.74) is 3.75. The number of fused-ring (bicyclic) bond motifs is 2. The highest BCUT2D eigenvalue weighted by Crippen LogP contribution is 2.47. The van der Waals surface area contributed by atoms with Gasteiger partial charge in [-0.1, -0.05) is 24.3 Å². The van der Waals surface area contributed by atoms with E-state index in [0.717, 1.165) is 11.5 Å². The first-order chi connectivity index (χ1) is 9.24. The fourth-order valence-electron chi connectivity index (χ4n) is 2.75. The van der Waals surface area contributed by atoms with Gasteiger partial charge in [0.2, 0.25) is 0 Å². The Bertz CT molecular complexity index is 821. The van der Waals surface area contributed by atoms with Gasteiger partial charge in [0.05, 0.1) is 0 Å². The smallest absolute Gasteiger partial charge is 0.136 e.